The van der Waals surface area contributed by atoms with Crippen LogP contribution in [-0.2, 0) is 14.3 Å². The highest BCUT2D eigenvalue weighted by Crippen LogP contribution is 2.33. The maximum atomic E-state index is 12.2. The van der Waals surface area contributed by atoms with Crippen LogP contribution in [0.4, 0.5) is 0 Å². The summed E-state index contributed by atoms with van der Waals surface area (Å²) in [6, 6.07) is 6.79. The first kappa shape index (κ1) is 16.2. The molecule has 116 valence electrons. The predicted octanol–water partition coefficient (Wildman–Crippen LogP) is 4.23. The van der Waals surface area contributed by atoms with Crippen LogP contribution >= 0.6 is 0 Å². The van der Waals surface area contributed by atoms with E-state index in [9.17, 15) is 8.42 Å². The van der Waals surface area contributed by atoms with E-state index in [1.165, 1.54) is 0 Å². The molecule has 4 heteroatoms. The zero-order valence-electron chi connectivity index (χ0n) is 12.8. The largest absolute Gasteiger partial charge is 0.296 e. The Bertz CT molecular complexity index is 587. The van der Waals surface area contributed by atoms with Crippen molar-refractivity contribution in [2.75, 3.05) is 6.61 Å². The molecule has 0 radical (unpaired) electrons. The van der Waals surface area contributed by atoms with Gasteiger partial charge < -0.3 is 0 Å². The first-order chi connectivity index (χ1) is 9.91. The quantitative estimate of drug-likeness (QED) is 0.617. The molecular formula is C17H24O3S. The SMILES string of the molecule is Cc1ccc(S(=O)(=O)OCC2(C)CCC=CCCC2)cc1. The minimum absolute atomic E-state index is 0.0669. The molecule has 0 saturated heterocycles. The molecule has 1 atom stereocenters. The van der Waals surface area contributed by atoms with Crippen LogP contribution in [0.15, 0.2) is 41.3 Å². The van der Waals surface area contributed by atoms with Gasteiger partial charge in [-0.3, -0.25) is 4.18 Å². The zero-order valence-corrected chi connectivity index (χ0v) is 13.7. The van der Waals surface area contributed by atoms with Crippen LogP contribution in [0.25, 0.3) is 0 Å². The molecule has 0 heterocycles. The molecule has 0 N–H and O–H groups in total. The van der Waals surface area contributed by atoms with E-state index in [2.05, 4.69) is 19.1 Å². The van der Waals surface area contributed by atoms with E-state index >= 15 is 0 Å². The summed E-state index contributed by atoms with van der Waals surface area (Å²) in [6.07, 6.45) is 9.51. The standard InChI is InChI=1S/C17H24O3S/c1-15-8-10-16(11-9-15)21(18,19)20-14-17(2)12-6-4-3-5-7-13-17/h3-4,8-11H,5-7,12-14H2,1-2H3. The van der Waals surface area contributed by atoms with Crippen LogP contribution in [0.3, 0.4) is 0 Å². The summed E-state index contributed by atoms with van der Waals surface area (Å²) in [5, 5.41) is 0. The summed E-state index contributed by atoms with van der Waals surface area (Å²) >= 11 is 0. The third-order valence-electron chi connectivity index (χ3n) is 4.10. The van der Waals surface area contributed by atoms with Crippen molar-refractivity contribution in [2.45, 2.75) is 50.8 Å². The van der Waals surface area contributed by atoms with E-state index in [4.69, 9.17) is 4.18 Å². The Labute approximate surface area is 128 Å². The van der Waals surface area contributed by atoms with Gasteiger partial charge in [0.05, 0.1) is 11.5 Å². The van der Waals surface area contributed by atoms with Gasteiger partial charge in [0.15, 0.2) is 0 Å². The van der Waals surface area contributed by atoms with Gasteiger partial charge >= 0.3 is 0 Å². The molecular weight excluding hydrogens is 284 g/mol. The number of aryl methyl sites for hydroxylation is 1. The van der Waals surface area contributed by atoms with Crippen molar-refractivity contribution in [1.29, 1.82) is 0 Å². The number of hydrogen-bond acceptors (Lipinski definition) is 3. The molecule has 1 unspecified atom stereocenters. The molecule has 0 saturated carbocycles. The lowest BCUT2D eigenvalue weighted by Crippen LogP contribution is -2.26. The second kappa shape index (κ2) is 6.75. The molecule has 0 aromatic heterocycles. The number of benzene rings is 1. The number of rotatable bonds is 4. The van der Waals surface area contributed by atoms with E-state index in [-0.39, 0.29) is 16.9 Å². The van der Waals surface area contributed by atoms with Crippen LogP contribution < -0.4 is 0 Å². The van der Waals surface area contributed by atoms with Gasteiger partial charge in [-0.2, -0.15) is 8.42 Å². The van der Waals surface area contributed by atoms with Gasteiger partial charge in [-0.15, -0.1) is 0 Å². The molecule has 1 aliphatic carbocycles. The van der Waals surface area contributed by atoms with Gasteiger partial charge in [-0.1, -0.05) is 36.8 Å². The maximum Gasteiger partial charge on any atom is 0.296 e. The van der Waals surface area contributed by atoms with Crippen molar-refractivity contribution >= 4 is 10.1 Å². The average molecular weight is 308 g/mol. The van der Waals surface area contributed by atoms with Gasteiger partial charge in [0.2, 0.25) is 0 Å². The van der Waals surface area contributed by atoms with Crippen molar-refractivity contribution in [3.63, 3.8) is 0 Å². The van der Waals surface area contributed by atoms with E-state index in [0.717, 1.165) is 37.7 Å². The maximum absolute atomic E-state index is 12.2. The Hall–Kier alpha value is -1.13. The van der Waals surface area contributed by atoms with E-state index in [1.807, 2.05) is 6.92 Å². The summed E-state index contributed by atoms with van der Waals surface area (Å²) in [6.45, 7) is 4.31. The highest BCUT2D eigenvalue weighted by molar-refractivity contribution is 7.86. The van der Waals surface area contributed by atoms with E-state index < -0.39 is 10.1 Å². The Morgan fingerprint density at radius 1 is 1.10 bits per heavy atom. The Morgan fingerprint density at radius 2 is 1.76 bits per heavy atom. The second-order valence-corrected chi connectivity index (χ2v) is 7.86. The van der Waals surface area contributed by atoms with E-state index in [1.54, 1.807) is 24.3 Å². The fourth-order valence-corrected chi connectivity index (χ4v) is 3.62. The van der Waals surface area contributed by atoms with Gasteiger partial charge in [-0.05, 0) is 56.6 Å². The van der Waals surface area contributed by atoms with Crippen LogP contribution in [0.2, 0.25) is 0 Å². The molecule has 0 fully saturated rings. The van der Waals surface area contributed by atoms with Crippen molar-refractivity contribution < 1.29 is 12.6 Å². The molecule has 1 aromatic carbocycles. The average Bonchev–Trinajstić information content (AvgIpc) is 2.42. The van der Waals surface area contributed by atoms with Gasteiger partial charge in [0.25, 0.3) is 10.1 Å². The lowest BCUT2D eigenvalue weighted by molar-refractivity contribution is 0.143. The fraction of sp³-hybridized carbons (Fsp3) is 0.529. The molecule has 2 rings (SSSR count). The molecule has 1 aromatic rings. The van der Waals surface area contributed by atoms with Crippen LogP contribution in [0.1, 0.15) is 44.6 Å². The summed E-state index contributed by atoms with van der Waals surface area (Å²) in [7, 11) is -3.65. The summed E-state index contributed by atoms with van der Waals surface area (Å²) in [4.78, 5) is 0.238. The van der Waals surface area contributed by atoms with Gasteiger partial charge in [0, 0.05) is 0 Å². The van der Waals surface area contributed by atoms with Crippen molar-refractivity contribution in [2.24, 2.45) is 5.41 Å². The molecule has 21 heavy (non-hydrogen) atoms. The van der Waals surface area contributed by atoms with Crippen molar-refractivity contribution in [1.82, 2.24) is 0 Å². The van der Waals surface area contributed by atoms with Crippen molar-refractivity contribution in [3.8, 4) is 0 Å². The number of hydrogen-bond donors (Lipinski definition) is 0. The topological polar surface area (TPSA) is 43.4 Å². The predicted molar refractivity (Wildman–Crippen MR) is 84.6 cm³/mol. The smallest absolute Gasteiger partial charge is 0.266 e. The van der Waals surface area contributed by atoms with Gasteiger partial charge in [0.1, 0.15) is 0 Å². The molecule has 0 amide bonds. The highest BCUT2D eigenvalue weighted by Gasteiger charge is 2.27. The molecule has 0 bridgehead atoms. The third-order valence-corrected chi connectivity index (χ3v) is 5.38. The summed E-state index contributed by atoms with van der Waals surface area (Å²) in [5.41, 5.74) is 0.968. The summed E-state index contributed by atoms with van der Waals surface area (Å²) in [5.74, 6) is 0. The Balaban J connectivity index is 2.03. The highest BCUT2D eigenvalue weighted by atomic mass is 32.2. The monoisotopic (exact) mass is 308 g/mol. The molecule has 0 spiro atoms. The molecule has 0 aliphatic heterocycles. The fourth-order valence-electron chi connectivity index (χ4n) is 2.58. The van der Waals surface area contributed by atoms with Gasteiger partial charge in [-0.25, -0.2) is 0 Å². The second-order valence-electron chi connectivity index (χ2n) is 6.24. The normalized spacial score (nSPS) is 23.5. The van der Waals surface area contributed by atoms with Crippen LogP contribution in [0, 0.1) is 12.3 Å². The van der Waals surface area contributed by atoms with Crippen LogP contribution in [0.5, 0.6) is 0 Å². The lowest BCUT2D eigenvalue weighted by atomic mass is 9.80. The zero-order chi connectivity index (χ0) is 15.3. The van der Waals surface area contributed by atoms with Crippen molar-refractivity contribution in [3.05, 3.63) is 42.0 Å². The third kappa shape index (κ3) is 4.68. The Kier molecular flexibility index (Phi) is 5.22. The molecule has 3 nitrogen and oxygen atoms in total. The first-order valence-corrected chi connectivity index (χ1v) is 8.93. The first-order valence-electron chi connectivity index (χ1n) is 7.52. The van der Waals surface area contributed by atoms with Crippen LogP contribution in [-0.4, -0.2) is 15.0 Å². The number of allylic oxidation sites excluding steroid dienone is 2. The minimum atomic E-state index is -3.65. The Morgan fingerprint density at radius 3 is 2.48 bits per heavy atom. The lowest BCUT2D eigenvalue weighted by Gasteiger charge is -2.29. The minimum Gasteiger partial charge on any atom is -0.266 e. The summed E-state index contributed by atoms with van der Waals surface area (Å²) < 4.78 is 29.8. The molecule has 1 aliphatic rings. The van der Waals surface area contributed by atoms with E-state index in [0.29, 0.717) is 0 Å².